The summed E-state index contributed by atoms with van der Waals surface area (Å²) < 4.78 is 15.0. The van der Waals surface area contributed by atoms with Crippen molar-refractivity contribution in [1.29, 1.82) is 0 Å². The molecule has 0 amide bonds. The maximum atomic E-state index is 11.5. The zero-order chi connectivity index (χ0) is 14.7. The number of carbonyl (C=O) groups excluding carboxylic acids is 2. The Morgan fingerprint density at radius 2 is 2.15 bits per heavy atom. The highest BCUT2D eigenvalue weighted by Gasteiger charge is 2.29. The highest BCUT2D eigenvalue weighted by Crippen LogP contribution is 2.22. The van der Waals surface area contributed by atoms with Gasteiger partial charge in [0.05, 0.1) is 26.7 Å². The number of hydrogen-bond acceptors (Lipinski definition) is 6. The Morgan fingerprint density at radius 1 is 1.40 bits per heavy atom. The summed E-state index contributed by atoms with van der Waals surface area (Å²) in [5, 5.41) is 0. The van der Waals surface area contributed by atoms with E-state index in [1.54, 1.807) is 13.0 Å². The van der Waals surface area contributed by atoms with Gasteiger partial charge in [-0.2, -0.15) is 0 Å². The number of carbonyl (C=O) groups is 2. The molecule has 0 aromatic carbocycles. The van der Waals surface area contributed by atoms with Crippen molar-refractivity contribution in [2.75, 3.05) is 27.3 Å². The van der Waals surface area contributed by atoms with Gasteiger partial charge in [-0.25, -0.2) is 4.79 Å². The van der Waals surface area contributed by atoms with E-state index in [9.17, 15) is 9.59 Å². The highest BCUT2D eigenvalue weighted by molar-refractivity contribution is 5.90. The molecule has 2 heterocycles. The van der Waals surface area contributed by atoms with E-state index < -0.39 is 5.97 Å². The molecule has 0 spiro atoms. The monoisotopic (exact) mass is 281 g/mol. The third-order valence-corrected chi connectivity index (χ3v) is 3.56. The number of likely N-dealkylation sites (tertiary alicyclic amines) is 1. The molecule has 0 saturated carbocycles. The molecule has 1 unspecified atom stereocenters. The van der Waals surface area contributed by atoms with Crippen molar-refractivity contribution in [1.82, 2.24) is 4.90 Å². The fourth-order valence-corrected chi connectivity index (χ4v) is 2.49. The second-order valence-corrected chi connectivity index (χ2v) is 4.92. The van der Waals surface area contributed by atoms with E-state index >= 15 is 0 Å². The minimum Gasteiger partial charge on any atom is -0.469 e. The van der Waals surface area contributed by atoms with Crippen LogP contribution >= 0.6 is 0 Å². The fraction of sp³-hybridized carbons (Fsp3) is 0.571. The van der Waals surface area contributed by atoms with E-state index in [-0.39, 0.29) is 11.9 Å². The summed E-state index contributed by atoms with van der Waals surface area (Å²) in [6, 6.07) is 1.70. The van der Waals surface area contributed by atoms with Crippen molar-refractivity contribution in [2.24, 2.45) is 5.92 Å². The molecular weight excluding hydrogens is 262 g/mol. The molecule has 2 rings (SSSR count). The van der Waals surface area contributed by atoms with Gasteiger partial charge in [-0.15, -0.1) is 0 Å². The number of esters is 2. The van der Waals surface area contributed by atoms with E-state index in [1.807, 2.05) is 0 Å². The fourth-order valence-electron chi connectivity index (χ4n) is 2.49. The van der Waals surface area contributed by atoms with E-state index in [2.05, 4.69) is 9.64 Å². The van der Waals surface area contributed by atoms with E-state index in [0.717, 1.165) is 13.0 Å². The van der Waals surface area contributed by atoms with Crippen LogP contribution in [0.15, 0.2) is 10.5 Å². The molecule has 1 fully saturated rings. The van der Waals surface area contributed by atoms with Gasteiger partial charge in [-0.05, 0) is 26.0 Å². The molecule has 0 bridgehead atoms. The Balaban J connectivity index is 1.98. The maximum absolute atomic E-state index is 11.5. The number of ether oxygens (including phenoxy) is 2. The normalized spacial score (nSPS) is 19.1. The van der Waals surface area contributed by atoms with Crippen LogP contribution in [-0.4, -0.2) is 44.1 Å². The van der Waals surface area contributed by atoms with Gasteiger partial charge in [-0.1, -0.05) is 0 Å². The van der Waals surface area contributed by atoms with Gasteiger partial charge in [0, 0.05) is 6.54 Å². The molecule has 1 atom stereocenters. The smallest absolute Gasteiger partial charge is 0.341 e. The van der Waals surface area contributed by atoms with Crippen molar-refractivity contribution in [2.45, 2.75) is 19.9 Å². The van der Waals surface area contributed by atoms with Crippen LogP contribution in [0.1, 0.15) is 28.3 Å². The maximum Gasteiger partial charge on any atom is 0.341 e. The molecule has 1 aromatic heterocycles. The van der Waals surface area contributed by atoms with Crippen molar-refractivity contribution >= 4 is 11.9 Å². The van der Waals surface area contributed by atoms with Crippen molar-refractivity contribution in [3.63, 3.8) is 0 Å². The van der Waals surface area contributed by atoms with Crippen LogP contribution in [0, 0.1) is 12.8 Å². The summed E-state index contributed by atoms with van der Waals surface area (Å²) >= 11 is 0. The lowest BCUT2D eigenvalue weighted by Crippen LogP contribution is -2.23. The molecule has 6 heteroatoms. The van der Waals surface area contributed by atoms with E-state index in [1.165, 1.54) is 14.2 Å². The summed E-state index contributed by atoms with van der Waals surface area (Å²) in [6.07, 6.45) is 0.788. The first kappa shape index (κ1) is 14.6. The van der Waals surface area contributed by atoms with Gasteiger partial charge in [0.1, 0.15) is 17.1 Å². The van der Waals surface area contributed by atoms with Gasteiger partial charge >= 0.3 is 11.9 Å². The third kappa shape index (κ3) is 3.01. The summed E-state index contributed by atoms with van der Waals surface area (Å²) in [7, 11) is 2.75. The average molecular weight is 281 g/mol. The Labute approximate surface area is 117 Å². The molecule has 0 radical (unpaired) electrons. The summed E-state index contributed by atoms with van der Waals surface area (Å²) in [5.74, 6) is 0.616. The molecule has 1 saturated heterocycles. The van der Waals surface area contributed by atoms with Crippen LogP contribution in [0.25, 0.3) is 0 Å². The number of furan rings is 1. The van der Waals surface area contributed by atoms with Gasteiger partial charge in [0.15, 0.2) is 0 Å². The Hall–Kier alpha value is -1.82. The minimum absolute atomic E-state index is 0.0730. The van der Waals surface area contributed by atoms with Crippen molar-refractivity contribution in [3.8, 4) is 0 Å². The molecule has 0 N–H and O–H groups in total. The molecule has 1 aromatic rings. The topological polar surface area (TPSA) is 69.0 Å². The second-order valence-electron chi connectivity index (χ2n) is 4.92. The standard InChI is InChI=1S/C14H19NO5/c1-9-12(14(17)19-3)6-11(20-9)8-15-5-4-10(7-15)13(16)18-2/h6,10H,4-5,7-8H2,1-3H3. The summed E-state index contributed by atoms with van der Waals surface area (Å²) in [6.45, 7) is 3.77. The van der Waals surface area contributed by atoms with Crippen molar-refractivity contribution < 1.29 is 23.5 Å². The van der Waals surface area contributed by atoms with Gasteiger partial charge in [0.25, 0.3) is 0 Å². The quantitative estimate of drug-likeness (QED) is 0.776. The van der Waals surface area contributed by atoms with E-state index in [4.69, 9.17) is 9.15 Å². The predicted molar refractivity (Wildman–Crippen MR) is 70.2 cm³/mol. The molecule has 1 aliphatic rings. The van der Waals surface area contributed by atoms with Crippen molar-refractivity contribution in [3.05, 3.63) is 23.2 Å². The third-order valence-electron chi connectivity index (χ3n) is 3.56. The largest absolute Gasteiger partial charge is 0.469 e. The zero-order valence-corrected chi connectivity index (χ0v) is 12.0. The lowest BCUT2D eigenvalue weighted by molar-refractivity contribution is -0.144. The van der Waals surface area contributed by atoms with Crippen LogP contribution in [0.4, 0.5) is 0 Å². The lowest BCUT2D eigenvalue weighted by atomic mass is 10.1. The summed E-state index contributed by atoms with van der Waals surface area (Å²) in [5.41, 5.74) is 0.450. The SMILES string of the molecule is COC(=O)c1cc(CN2CCC(C(=O)OC)C2)oc1C. The molecular formula is C14H19NO5. The number of rotatable bonds is 4. The van der Waals surface area contributed by atoms with Crippen LogP contribution < -0.4 is 0 Å². The number of methoxy groups -OCH3 is 2. The zero-order valence-electron chi connectivity index (χ0n) is 12.0. The Bertz CT molecular complexity index is 508. The van der Waals surface area contributed by atoms with Crippen LogP contribution in [0.5, 0.6) is 0 Å². The lowest BCUT2D eigenvalue weighted by Gasteiger charge is -2.13. The Morgan fingerprint density at radius 3 is 2.80 bits per heavy atom. The minimum atomic E-state index is -0.397. The second kappa shape index (κ2) is 6.09. The first-order chi connectivity index (χ1) is 9.55. The molecule has 0 aliphatic carbocycles. The molecule has 20 heavy (non-hydrogen) atoms. The van der Waals surface area contributed by atoms with Crippen LogP contribution in [-0.2, 0) is 20.8 Å². The first-order valence-corrected chi connectivity index (χ1v) is 6.53. The van der Waals surface area contributed by atoms with Crippen LogP contribution in [0.2, 0.25) is 0 Å². The average Bonchev–Trinajstić information content (AvgIpc) is 3.04. The molecule has 110 valence electrons. The highest BCUT2D eigenvalue weighted by atomic mass is 16.5. The first-order valence-electron chi connectivity index (χ1n) is 6.53. The molecule has 6 nitrogen and oxygen atoms in total. The van der Waals surface area contributed by atoms with E-state index in [0.29, 0.717) is 30.2 Å². The summed E-state index contributed by atoms with van der Waals surface area (Å²) in [4.78, 5) is 25.1. The number of aryl methyl sites for hydroxylation is 1. The number of nitrogens with zero attached hydrogens (tertiary/aromatic N) is 1. The van der Waals surface area contributed by atoms with Gasteiger partial charge in [-0.3, -0.25) is 9.69 Å². The van der Waals surface area contributed by atoms with Gasteiger partial charge < -0.3 is 13.9 Å². The molecule has 1 aliphatic heterocycles. The predicted octanol–water partition coefficient (Wildman–Crippen LogP) is 1.37. The van der Waals surface area contributed by atoms with Gasteiger partial charge in [0.2, 0.25) is 0 Å². The van der Waals surface area contributed by atoms with Crippen LogP contribution in [0.3, 0.4) is 0 Å². The number of hydrogen-bond donors (Lipinski definition) is 0. The Kier molecular flexibility index (Phi) is 4.44.